The molecule has 24 heavy (non-hydrogen) atoms. The molecule has 0 rings (SSSR count). The first kappa shape index (κ1) is 22.3. The van der Waals surface area contributed by atoms with E-state index in [1.54, 1.807) is 19.9 Å². The van der Waals surface area contributed by atoms with Crippen molar-refractivity contribution in [1.82, 2.24) is 4.90 Å². The van der Waals surface area contributed by atoms with Crippen LogP contribution in [0.5, 0.6) is 0 Å². The number of nitrogens with two attached hydrogens (primary N) is 1. The van der Waals surface area contributed by atoms with Gasteiger partial charge in [-0.2, -0.15) is 0 Å². The van der Waals surface area contributed by atoms with E-state index in [9.17, 15) is 9.59 Å². The molecule has 0 aromatic rings. The summed E-state index contributed by atoms with van der Waals surface area (Å²) in [4.78, 5) is 26.2. The van der Waals surface area contributed by atoms with E-state index in [4.69, 9.17) is 15.2 Å². The average Bonchev–Trinajstić information content (AvgIpc) is 2.55. The fourth-order valence-electron chi connectivity index (χ4n) is 1.75. The highest BCUT2D eigenvalue weighted by Crippen LogP contribution is 2.15. The number of esters is 2. The molecule has 0 saturated carbocycles. The van der Waals surface area contributed by atoms with Crippen molar-refractivity contribution in [2.45, 2.75) is 46.5 Å². The number of nitrogens with zero attached hydrogens (tertiary/aromatic N) is 1. The molecule has 0 aliphatic rings. The topological polar surface area (TPSA) is 81.9 Å². The monoisotopic (exact) mass is 340 g/mol. The molecule has 0 saturated heterocycles. The van der Waals surface area contributed by atoms with E-state index in [0.29, 0.717) is 49.4 Å². The van der Waals surface area contributed by atoms with Gasteiger partial charge in [0, 0.05) is 18.5 Å². The van der Waals surface area contributed by atoms with Crippen LogP contribution in [0, 0.1) is 0 Å². The Morgan fingerprint density at radius 1 is 1.17 bits per heavy atom. The fourth-order valence-corrected chi connectivity index (χ4v) is 1.75. The van der Waals surface area contributed by atoms with Crippen molar-refractivity contribution in [3.63, 3.8) is 0 Å². The van der Waals surface area contributed by atoms with Gasteiger partial charge in [0.1, 0.15) is 5.76 Å². The largest absolute Gasteiger partial charge is 0.462 e. The van der Waals surface area contributed by atoms with Crippen molar-refractivity contribution in [2.75, 3.05) is 33.8 Å². The standard InChI is InChI=1S/C18H32N2O4/c1-6-7-13-23-18(22)15(3)16(10-12-20(4)5)24-17(21)14(2)9-8-11-19/h9H,6-8,10-13,19H2,1-5H3. The summed E-state index contributed by atoms with van der Waals surface area (Å²) in [7, 11) is 3.83. The lowest BCUT2D eigenvalue weighted by Gasteiger charge is -2.15. The third-order valence-electron chi connectivity index (χ3n) is 3.40. The molecule has 0 atom stereocenters. The summed E-state index contributed by atoms with van der Waals surface area (Å²) < 4.78 is 10.7. The minimum atomic E-state index is -0.460. The first-order valence-electron chi connectivity index (χ1n) is 8.44. The van der Waals surface area contributed by atoms with Crippen molar-refractivity contribution < 1.29 is 19.1 Å². The Morgan fingerprint density at radius 3 is 2.38 bits per heavy atom. The van der Waals surface area contributed by atoms with E-state index in [2.05, 4.69) is 0 Å². The highest BCUT2D eigenvalue weighted by molar-refractivity contribution is 5.91. The zero-order valence-electron chi connectivity index (χ0n) is 15.7. The van der Waals surface area contributed by atoms with Gasteiger partial charge in [-0.3, -0.25) is 0 Å². The minimum absolute atomic E-state index is 0.341. The summed E-state index contributed by atoms with van der Waals surface area (Å²) >= 11 is 0. The molecule has 0 bridgehead atoms. The normalized spacial score (nSPS) is 12.9. The maximum atomic E-state index is 12.2. The van der Waals surface area contributed by atoms with Crippen molar-refractivity contribution in [2.24, 2.45) is 5.73 Å². The molecular formula is C18H32N2O4. The molecule has 0 aliphatic carbocycles. The molecular weight excluding hydrogens is 308 g/mol. The second-order valence-electron chi connectivity index (χ2n) is 5.94. The third kappa shape index (κ3) is 9.47. The van der Waals surface area contributed by atoms with Gasteiger partial charge in [-0.15, -0.1) is 0 Å². The van der Waals surface area contributed by atoms with E-state index >= 15 is 0 Å². The molecule has 0 heterocycles. The zero-order valence-corrected chi connectivity index (χ0v) is 15.7. The molecule has 0 aromatic carbocycles. The van der Waals surface area contributed by atoms with Crippen molar-refractivity contribution in [1.29, 1.82) is 0 Å². The van der Waals surface area contributed by atoms with Crippen LogP contribution in [0.15, 0.2) is 23.0 Å². The molecule has 0 radical (unpaired) electrons. The Morgan fingerprint density at radius 2 is 1.83 bits per heavy atom. The van der Waals surface area contributed by atoms with Gasteiger partial charge in [-0.05, 0) is 47.3 Å². The number of ether oxygens (including phenoxy) is 2. The predicted octanol–water partition coefficient (Wildman–Crippen LogP) is 2.39. The number of carbonyl (C=O) groups excluding carboxylic acids is 2. The maximum absolute atomic E-state index is 12.2. The number of carbonyl (C=O) groups is 2. The Balaban J connectivity index is 5.09. The van der Waals surface area contributed by atoms with Gasteiger partial charge in [0.2, 0.25) is 0 Å². The van der Waals surface area contributed by atoms with Gasteiger partial charge in [0.05, 0.1) is 12.2 Å². The highest BCUT2D eigenvalue weighted by Gasteiger charge is 2.18. The number of hydrogen-bond acceptors (Lipinski definition) is 6. The molecule has 6 nitrogen and oxygen atoms in total. The van der Waals surface area contributed by atoms with Crippen LogP contribution in [0.2, 0.25) is 0 Å². The zero-order chi connectivity index (χ0) is 18.5. The Hall–Kier alpha value is -1.66. The molecule has 2 N–H and O–H groups in total. The van der Waals surface area contributed by atoms with Crippen molar-refractivity contribution >= 4 is 11.9 Å². The van der Waals surface area contributed by atoms with Crippen LogP contribution in [0.3, 0.4) is 0 Å². The van der Waals surface area contributed by atoms with Crippen LogP contribution in [-0.2, 0) is 19.1 Å². The van der Waals surface area contributed by atoms with Crippen LogP contribution < -0.4 is 5.73 Å². The van der Waals surface area contributed by atoms with Crippen LogP contribution in [0.4, 0.5) is 0 Å². The van der Waals surface area contributed by atoms with E-state index < -0.39 is 11.9 Å². The van der Waals surface area contributed by atoms with E-state index in [1.807, 2.05) is 25.9 Å². The second-order valence-corrected chi connectivity index (χ2v) is 5.94. The molecule has 0 aromatic heterocycles. The average molecular weight is 340 g/mol. The summed E-state index contributed by atoms with van der Waals surface area (Å²) in [6, 6.07) is 0. The van der Waals surface area contributed by atoms with Gasteiger partial charge in [-0.25, -0.2) is 9.59 Å². The van der Waals surface area contributed by atoms with Crippen LogP contribution in [-0.4, -0.2) is 50.6 Å². The quantitative estimate of drug-likeness (QED) is 0.269. The van der Waals surface area contributed by atoms with Gasteiger partial charge < -0.3 is 20.1 Å². The molecule has 0 unspecified atom stereocenters. The summed E-state index contributed by atoms with van der Waals surface area (Å²) in [5.41, 5.74) is 6.25. The van der Waals surface area contributed by atoms with E-state index in [0.717, 1.165) is 12.8 Å². The number of unbranched alkanes of at least 4 members (excludes halogenated alkanes) is 1. The maximum Gasteiger partial charge on any atom is 0.338 e. The van der Waals surface area contributed by atoms with Gasteiger partial charge in [0.15, 0.2) is 0 Å². The second kappa shape index (κ2) is 12.7. The molecule has 6 heteroatoms. The molecule has 0 spiro atoms. The summed E-state index contributed by atoms with van der Waals surface area (Å²) in [6.07, 6.45) is 4.56. The van der Waals surface area contributed by atoms with Crippen molar-refractivity contribution in [3.8, 4) is 0 Å². The lowest BCUT2D eigenvalue weighted by Crippen LogP contribution is -2.19. The molecule has 0 aliphatic heterocycles. The lowest BCUT2D eigenvalue weighted by molar-refractivity contribution is -0.139. The van der Waals surface area contributed by atoms with Gasteiger partial charge in [-0.1, -0.05) is 19.4 Å². The highest BCUT2D eigenvalue weighted by atomic mass is 16.5. The lowest BCUT2D eigenvalue weighted by atomic mass is 10.2. The molecule has 138 valence electrons. The Kier molecular flexibility index (Phi) is 11.8. The first-order chi connectivity index (χ1) is 11.3. The number of hydrogen-bond donors (Lipinski definition) is 1. The summed E-state index contributed by atoms with van der Waals surface area (Å²) in [5, 5.41) is 0. The minimum Gasteiger partial charge on any atom is -0.462 e. The summed E-state index contributed by atoms with van der Waals surface area (Å²) in [5.74, 6) is -0.540. The van der Waals surface area contributed by atoms with E-state index in [-0.39, 0.29) is 0 Å². The number of rotatable bonds is 11. The predicted molar refractivity (Wildman–Crippen MR) is 95.3 cm³/mol. The smallest absolute Gasteiger partial charge is 0.338 e. The Bertz CT molecular complexity index is 468. The van der Waals surface area contributed by atoms with E-state index in [1.165, 1.54) is 0 Å². The van der Waals surface area contributed by atoms with Crippen LogP contribution >= 0.6 is 0 Å². The van der Waals surface area contributed by atoms with Crippen LogP contribution in [0.1, 0.15) is 46.5 Å². The van der Waals surface area contributed by atoms with Crippen molar-refractivity contribution in [3.05, 3.63) is 23.0 Å². The fraction of sp³-hybridized carbons (Fsp3) is 0.667. The molecule has 0 fully saturated rings. The van der Waals surface area contributed by atoms with Gasteiger partial charge in [0.25, 0.3) is 0 Å². The summed E-state index contributed by atoms with van der Waals surface area (Å²) in [6.45, 7) is 6.83. The Labute approximate surface area is 145 Å². The van der Waals surface area contributed by atoms with Crippen LogP contribution in [0.25, 0.3) is 0 Å². The van der Waals surface area contributed by atoms with Gasteiger partial charge >= 0.3 is 11.9 Å². The molecule has 0 amide bonds. The SMILES string of the molecule is CCCCOC(=O)C(C)=C(CCN(C)C)OC(=O)C(C)=CCCN. The third-order valence-corrected chi connectivity index (χ3v) is 3.40. The first-order valence-corrected chi connectivity index (χ1v) is 8.44.